The van der Waals surface area contributed by atoms with Crippen LogP contribution in [0.5, 0.6) is 0 Å². The quantitative estimate of drug-likeness (QED) is 0.631. The van der Waals surface area contributed by atoms with Gasteiger partial charge in [-0.1, -0.05) is 66.9 Å². The molecule has 122 valence electrons. The molecule has 0 radical (unpaired) electrons. The Balaban J connectivity index is 2.09. The number of hydrogen-bond acceptors (Lipinski definition) is 1. The van der Waals surface area contributed by atoms with Crippen LogP contribution in [0.15, 0.2) is 48.5 Å². The summed E-state index contributed by atoms with van der Waals surface area (Å²) in [4.78, 5) is 2.17. The molecule has 23 heavy (non-hydrogen) atoms. The maximum atomic E-state index is 6.05. The number of nitrogens with zero attached hydrogens (tertiary/aromatic N) is 1. The van der Waals surface area contributed by atoms with Gasteiger partial charge in [-0.25, -0.2) is 0 Å². The molecule has 0 aliphatic heterocycles. The van der Waals surface area contributed by atoms with Crippen LogP contribution < -0.4 is 5.32 Å². The molecule has 0 aliphatic rings. The Morgan fingerprint density at radius 3 is 2.35 bits per heavy atom. The maximum absolute atomic E-state index is 6.05. The largest absolute Gasteiger partial charge is 0.345 e. The molecule has 0 saturated heterocycles. The van der Waals surface area contributed by atoms with E-state index in [1.54, 1.807) is 6.07 Å². The monoisotopic (exact) mass is 366 g/mol. The van der Waals surface area contributed by atoms with Crippen molar-refractivity contribution in [3.05, 3.63) is 64.1 Å². The number of nitrogens with one attached hydrogen (secondary N) is 1. The normalized spacial score (nSPS) is 10.4. The van der Waals surface area contributed by atoms with Crippen LogP contribution in [-0.2, 0) is 6.54 Å². The Kier molecular flexibility index (Phi) is 7.15. The van der Waals surface area contributed by atoms with Crippen molar-refractivity contribution in [3.63, 3.8) is 0 Å². The summed E-state index contributed by atoms with van der Waals surface area (Å²) in [6.07, 6.45) is 2.21. The SMILES string of the molecule is CCCCN(Cc1ccccc1)C(=S)Nc1cc(Cl)cc(Cl)c1. The van der Waals surface area contributed by atoms with Crippen molar-refractivity contribution in [2.24, 2.45) is 0 Å². The van der Waals surface area contributed by atoms with Crippen molar-refractivity contribution >= 4 is 46.2 Å². The average molecular weight is 367 g/mol. The van der Waals surface area contributed by atoms with Gasteiger partial charge in [-0.3, -0.25) is 0 Å². The molecule has 1 N–H and O–H groups in total. The fourth-order valence-corrected chi connectivity index (χ4v) is 3.03. The molecule has 0 heterocycles. The van der Waals surface area contributed by atoms with E-state index in [0.717, 1.165) is 31.6 Å². The highest BCUT2D eigenvalue weighted by Gasteiger charge is 2.11. The summed E-state index contributed by atoms with van der Waals surface area (Å²) in [5.41, 5.74) is 2.04. The first kappa shape index (κ1) is 18.1. The van der Waals surface area contributed by atoms with E-state index < -0.39 is 0 Å². The van der Waals surface area contributed by atoms with Crippen LogP contribution in [-0.4, -0.2) is 16.6 Å². The van der Waals surface area contributed by atoms with Crippen LogP contribution in [0.25, 0.3) is 0 Å². The van der Waals surface area contributed by atoms with Crippen molar-refractivity contribution in [1.29, 1.82) is 0 Å². The van der Waals surface area contributed by atoms with Gasteiger partial charge in [0.05, 0.1) is 0 Å². The summed E-state index contributed by atoms with van der Waals surface area (Å²) in [5.74, 6) is 0. The van der Waals surface area contributed by atoms with Gasteiger partial charge in [-0.15, -0.1) is 0 Å². The summed E-state index contributed by atoms with van der Waals surface area (Å²) >= 11 is 17.7. The van der Waals surface area contributed by atoms with E-state index in [9.17, 15) is 0 Å². The number of benzene rings is 2. The van der Waals surface area contributed by atoms with Gasteiger partial charge in [0.2, 0.25) is 0 Å². The zero-order valence-electron chi connectivity index (χ0n) is 13.1. The molecule has 0 amide bonds. The lowest BCUT2D eigenvalue weighted by Gasteiger charge is -2.26. The highest BCUT2D eigenvalue weighted by molar-refractivity contribution is 7.80. The highest BCUT2D eigenvalue weighted by atomic mass is 35.5. The van der Waals surface area contributed by atoms with Gasteiger partial charge >= 0.3 is 0 Å². The average Bonchev–Trinajstić information content (AvgIpc) is 2.51. The summed E-state index contributed by atoms with van der Waals surface area (Å²) in [7, 11) is 0. The molecule has 2 aromatic carbocycles. The van der Waals surface area contributed by atoms with Crippen LogP contribution in [0.2, 0.25) is 10.0 Å². The molecule has 0 fully saturated rings. The number of anilines is 1. The van der Waals surface area contributed by atoms with E-state index in [1.165, 1.54) is 5.56 Å². The fraction of sp³-hybridized carbons (Fsp3) is 0.278. The van der Waals surface area contributed by atoms with Gasteiger partial charge in [0.15, 0.2) is 5.11 Å². The minimum absolute atomic E-state index is 0.589. The molecule has 2 rings (SSSR count). The van der Waals surface area contributed by atoms with Crippen molar-refractivity contribution in [3.8, 4) is 0 Å². The predicted octanol–water partition coefficient (Wildman–Crippen LogP) is 5.99. The molecular formula is C18H20Cl2N2S. The first-order valence-corrected chi connectivity index (χ1v) is 8.81. The summed E-state index contributed by atoms with van der Waals surface area (Å²) < 4.78 is 0. The van der Waals surface area contributed by atoms with Crippen molar-refractivity contribution in [2.45, 2.75) is 26.3 Å². The lowest BCUT2D eigenvalue weighted by molar-refractivity contribution is 0.408. The standard InChI is InChI=1S/C18H20Cl2N2S/c1-2-3-9-22(13-14-7-5-4-6-8-14)18(23)21-17-11-15(19)10-16(20)12-17/h4-8,10-12H,2-3,9,13H2,1H3,(H,21,23). The number of thiocarbonyl (C=S) groups is 1. The second-order valence-electron chi connectivity index (χ2n) is 5.35. The smallest absolute Gasteiger partial charge is 0.173 e. The zero-order chi connectivity index (χ0) is 16.7. The summed E-state index contributed by atoms with van der Waals surface area (Å²) in [6.45, 7) is 3.86. The van der Waals surface area contributed by atoms with Gasteiger partial charge in [0.25, 0.3) is 0 Å². The second kappa shape index (κ2) is 9.11. The molecule has 0 aliphatic carbocycles. The minimum atomic E-state index is 0.589. The van der Waals surface area contributed by atoms with E-state index in [0.29, 0.717) is 15.2 Å². The molecule has 0 atom stereocenters. The summed E-state index contributed by atoms with van der Waals surface area (Å²) in [5, 5.41) is 5.10. The Morgan fingerprint density at radius 1 is 1.09 bits per heavy atom. The van der Waals surface area contributed by atoms with Crippen LogP contribution in [0.3, 0.4) is 0 Å². The van der Waals surface area contributed by atoms with Crippen LogP contribution in [0, 0.1) is 0 Å². The van der Waals surface area contributed by atoms with E-state index >= 15 is 0 Å². The Morgan fingerprint density at radius 2 is 1.74 bits per heavy atom. The fourth-order valence-electron chi connectivity index (χ4n) is 2.23. The van der Waals surface area contributed by atoms with E-state index in [1.807, 2.05) is 30.3 Å². The molecule has 0 aromatic heterocycles. The van der Waals surface area contributed by atoms with Crippen molar-refractivity contribution < 1.29 is 0 Å². The molecule has 5 heteroatoms. The van der Waals surface area contributed by atoms with Gasteiger partial charge in [0.1, 0.15) is 0 Å². The number of unbranched alkanes of at least 4 members (excludes halogenated alkanes) is 1. The minimum Gasteiger partial charge on any atom is -0.345 e. The van der Waals surface area contributed by atoms with E-state index in [-0.39, 0.29) is 0 Å². The summed E-state index contributed by atoms with van der Waals surface area (Å²) in [6, 6.07) is 15.7. The van der Waals surface area contributed by atoms with Gasteiger partial charge in [0, 0.05) is 28.8 Å². The Labute approximate surface area is 153 Å². The molecule has 0 saturated carbocycles. The highest BCUT2D eigenvalue weighted by Crippen LogP contribution is 2.23. The Bertz CT molecular complexity index is 626. The molecular weight excluding hydrogens is 347 g/mol. The van der Waals surface area contributed by atoms with Gasteiger partial charge in [-0.05, 0) is 42.4 Å². The third-order valence-corrected chi connectivity index (χ3v) is 4.20. The van der Waals surface area contributed by atoms with Gasteiger partial charge < -0.3 is 10.2 Å². The maximum Gasteiger partial charge on any atom is 0.173 e. The van der Waals surface area contributed by atoms with Crippen LogP contribution in [0.4, 0.5) is 5.69 Å². The van der Waals surface area contributed by atoms with Crippen molar-refractivity contribution in [1.82, 2.24) is 4.90 Å². The topological polar surface area (TPSA) is 15.3 Å². The third-order valence-electron chi connectivity index (χ3n) is 3.40. The molecule has 2 aromatic rings. The number of halogens is 2. The predicted molar refractivity (Wildman–Crippen MR) is 104 cm³/mol. The number of rotatable bonds is 6. The van der Waals surface area contributed by atoms with E-state index in [4.69, 9.17) is 35.4 Å². The van der Waals surface area contributed by atoms with Crippen molar-refractivity contribution in [2.75, 3.05) is 11.9 Å². The molecule has 2 nitrogen and oxygen atoms in total. The van der Waals surface area contributed by atoms with Crippen LogP contribution >= 0.6 is 35.4 Å². The van der Waals surface area contributed by atoms with Gasteiger partial charge in [-0.2, -0.15) is 0 Å². The first-order chi connectivity index (χ1) is 11.1. The zero-order valence-corrected chi connectivity index (χ0v) is 15.4. The molecule has 0 spiro atoms. The Hall–Kier alpha value is -1.29. The lowest BCUT2D eigenvalue weighted by Crippen LogP contribution is -2.35. The molecule has 0 unspecified atom stereocenters. The number of hydrogen-bond donors (Lipinski definition) is 1. The first-order valence-electron chi connectivity index (χ1n) is 7.64. The second-order valence-corrected chi connectivity index (χ2v) is 6.61. The lowest BCUT2D eigenvalue weighted by atomic mass is 10.2. The van der Waals surface area contributed by atoms with E-state index in [2.05, 4.69) is 29.3 Å². The third kappa shape index (κ3) is 6.02. The molecule has 0 bridgehead atoms. The van der Waals surface area contributed by atoms with Crippen LogP contribution in [0.1, 0.15) is 25.3 Å².